The molecule has 35 heavy (non-hydrogen) atoms. The summed E-state index contributed by atoms with van der Waals surface area (Å²) >= 11 is 2.95. The van der Waals surface area contributed by atoms with Crippen LogP contribution in [0.4, 0.5) is 20.0 Å². The van der Waals surface area contributed by atoms with Crippen LogP contribution in [0, 0.1) is 5.82 Å². The van der Waals surface area contributed by atoms with Gasteiger partial charge in [0, 0.05) is 30.9 Å². The molecule has 0 atom stereocenters. The van der Waals surface area contributed by atoms with Crippen LogP contribution in [0.5, 0.6) is 0 Å². The molecule has 2 amide bonds. The number of anilines is 2. The van der Waals surface area contributed by atoms with E-state index in [1.807, 2.05) is 12.1 Å². The van der Waals surface area contributed by atoms with E-state index in [4.69, 9.17) is 0 Å². The Balaban J connectivity index is 1.38. The number of urea groups is 1. The fraction of sp³-hybridized carbons (Fsp3) is 0.560. The third-order valence-corrected chi connectivity index (χ3v) is 8.84. The van der Waals surface area contributed by atoms with Gasteiger partial charge in [-0.25, -0.2) is 14.2 Å². The normalized spacial score (nSPS) is 17.3. The molecule has 1 aliphatic heterocycles. The summed E-state index contributed by atoms with van der Waals surface area (Å²) < 4.78 is 19.9. The lowest BCUT2D eigenvalue weighted by Crippen LogP contribution is -2.53. The van der Waals surface area contributed by atoms with E-state index >= 15 is 0 Å². The van der Waals surface area contributed by atoms with Gasteiger partial charge in [0.1, 0.15) is 5.82 Å². The highest BCUT2D eigenvalue weighted by atomic mass is 32.2. The topological polar surface area (TPSA) is 74.8 Å². The highest BCUT2D eigenvalue weighted by Crippen LogP contribution is 2.32. The van der Waals surface area contributed by atoms with Gasteiger partial charge in [-0.3, -0.25) is 10.1 Å². The second kappa shape index (κ2) is 12.6. The number of benzene rings is 1. The molecule has 2 fully saturated rings. The second-order valence-corrected chi connectivity index (χ2v) is 11.4. The maximum Gasteiger partial charge on any atom is 0.324 e. The first kappa shape index (κ1) is 25.8. The van der Waals surface area contributed by atoms with Crippen molar-refractivity contribution >= 4 is 45.9 Å². The number of amides is 2. The lowest BCUT2D eigenvalue weighted by molar-refractivity contribution is -0.140. The standard InChI is InChI=1S/C25H33FN4O3S2/c1-33-22(31)13-16-34-23-17-27-24(35-23)28-25(32)30(18-7-3-2-4-8-18)19-11-14-29(15-12-19)21-10-6-5-9-20(21)26/h5-6,9-10,17-19H,2-4,7-8,11-16H2,1H3,(H,27,28,32). The average Bonchev–Trinajstić information content (AvgIpc) is 3.32. The van der Waals surface area contributed by atoms with Crippen LogP contribution in [0.15, 0.2) is 34.7 Å². The summed E-state index contributed by atoms with van der Waals surface area (Å²) in [5.41, 5.74) is 0.639. The summed E-state index contributed by atoms with van der Waals surface area (Å²) in [6, 6.07) is 7.15. The Morgan fingerprint density at radius 1 is 1.17 bits per heavy atom. The molecule has 0 spiro atoms. The maximum atomic E-state index is 14.3. The van der Waals surface area contributed by atoms with Gasteiger partial charge in [0.2, 0.25) is 0 Å². The summed E-state index contributed by atoms with van der Waals surface area (Å²) in [5, 5.41) is 3.60. The van der Waals surface area contributed by atoms with Crippen molar-refractivity contribution in [1.29, 1.82) is 0 Å². The predicted molar refractivity (Wildman–Crippen MR) is 139 cm³/mol. The minimum atomic E-state index is -0.236. The molecule has 1 saturated heterocycles. The minimum Gasteiger partial charge on any atom is -0.469 e. The highest BCUT2D eigenvalue weighted by Gasteiger charge is 2.34. The maximum absolute atomic E-state index is 14.3. The third kappa shape index (κ3) is 6.88. The molecule has 1 saturated carbocycles. The average molecular weight is 521 g/mol. The van der Waals surface area contributed by atoms with E-state index in [-0.39, 0.29) is 29.9 Å². The van der Waals surface area contributed by atoms with Gasteiger partial charge in [0.05, 0.1) is 29.6 Å². The lowest BCUT2D eigenvalue weighted by atomic mass is 9.91. The first-order chi connectivity index (χ1) is 17.0. The summed E-state index contributed by atoms with van der Waals surface area (Å²) in [6.45, 7) is 1.45. The number of esters is 1. The number of carbonyl (C=O) groups is 2. The number of piperidine rings is 1. The van der Waals surface area contributed by atoms with Gasteiger partial charge in [0.15, 0.2) is 5.13 Å². The molecule has 1 N–H and O–H groups in total. The van der Waals surface area contributed by atoms with Gasteiger partial charge in [-0.1, -0.05) is 42.7 Å². The summed E-state index contributed by atoms with van der Waals surface area (Å²) in [7, 11) is 1.38. The molecule has 2 aliphatic rings. The molecular formula is C25H33FN4O3S2. The Morgan fingerprint density at radius 2 is 1.89 bits per heavy atom. The number of rotatable bonds is 8. The van der Waals surface area contributed by atoms with Gasteiger partial charge in [-0.2, -0.15) is 0 Å². The van der Waals surface area contributed by atoms with Crippen LogP contribution in [0.25, 0.3) is 0 Å². The number of ether oxygens (including phenoxy) is 1. The molecule has 0 radical (unpaired) electrons. The number of hydrogen-bond acceptors (Lipinski definition) is 7. The van der Waals surface area contributed by atoms with Crippen molar-refractivity contribution in [2.24, 2.45) is 0 Å². The molecular weight excluding hydrogens is 487 g/mol. The van der Waals surface area contributed by atoms with Crippen LogP contribution in [-0.2, 0) is 9.53 Å². The minimum absolute atomic E-state index is 0.0956. The van der Waals surface area contributed by atoms with Gasteiger partial charge in [-0.15, -0.1) is 11.8 Å². The molecule has 1 aromatic carbocycles. The smallest absolute Gasteiger partial charge is 0.324 e. The second-order valence-electron chi connectivity index (χ2n) is 8.96. The van der Waals surface area contributed by atoms with Crippen molar-refractivity contribution in [2.75, 3.05) is 36.2 Å². The van der Waals surface area contributed by atoms with Crippen LogP contribution in [0.2, 0.25) is 0 Å². The number of thioether (sulfide) groups is 1. The Morgan fingerprint density at radius 3 is 2.60 bits per heavy atom. The van der Waals surface area contributed by atoms with Crippen LogP contribution < -0.4 is 10.2 Å². The van der Waals surface area contributed by atoms with Crippen LogP contribution in [0.1, 0.15) is 51.4 Å². The molecule has 2 heterocycles. The number of para-hydroxylation sites is 1. The fourth-order valence-corrected chi connectivity index (χ4v) is 6.82. The van der Waals surface area contributed by atoms with Crippen LogP contribution >= 0.6 is 23.1 Å². The van der Waals surface area contributed by atoms with E-state index in [9.17, 15) is 14.0 Å². The van der Waals surface area contributed by atoms with Crippen molar-refractivity contribution in [3.05, 3.63) is 36.3 Å². The Hall–Kier alpha value is -2.33. The fourth-order valence-electron chi connectivity index (χ4n) is 4.96. The van der Waals surface area contributed by atoms with Crippen LogP contribution in [-0.4, -0.2) is 59.9 Å². The molecule has 0 bridgehead atoms. The molecule has 1 aliphatic carbocycles. The lowest BCUT2D eigenvalue weighted by Gasteiger charge is -2.44. The SMILES string of the molecule is COC(=O)CCSc1cnc(NC(=O)N(C2CCCCC2)C2CCN(c3ccccc3F)CC2)s1. The van der Waals surface area contributed by atoms with Crippen molar-refractivity contribution in [2.45, 2.75) is 67.7 Å². The number of methoxy groups -OCH3 is 1. The van der Waals surface area contributed by atoms with Crippen molar-refractivity contribution in [3.63, 3.8) is 0 Å². The van der Waals surface area contributed by atoms with E-state index in [1.165, 1.54) is 42.7 Å². The zero-order valence-electron chi connectivity index (χ0n) is 20.1. The monoisotopic (exact) mass is 520 g/mol. The Labute approximate surface area is 214 Å². The van der Waals surface area contributed by atoms with Crippen LogP contribution in [0.3, 0.4) is 0 Å². The molecule has 4 rings (SSSR count). The molecule has 190 valence electrons. The van der Waals surface area contributed by atoms with Gasteiger partial charge >= 0.3 is 12.0 Å². The zero-order chi connectivity index (χ0) is 24.6. The van der Waals surface area contributed by atoms with E-state index in [0.717, 1.165) is 55.8 Å². The van der Waals surface area contributed by atoms with Crippen molar-refractivity contribution < 1.29 is 18.7 Å². The number of nitrogens with zero attached hydrogens (tertiary/aromatic N) is 3. The molecule has 10 heteroatoms. The molecule has 0 unspecified atom stereocenters. The third-order valence-electron chi connectivity index (χ3n) is 6.73. The zero-order valence-corrected chi connectivity index (χ0v) is 21.7. The Bertz CT molecular complexity index is 991. The van der Waals surface area contributed by atoms with Gasteiger partial charge in [-0.05, 0) is 37.8 Å². The Kier molecular flexibility index (Phi) is 9.25. The first-order valence-corrected chi connectivity index (χ1v) is 14.1. The number of thiazole rings is 1. The number of aromatic nitrogens is 1. The summed E-state index contributed by atoms with van der Waals surface area (Å²) in [4.78, 5) is 33.3. The van der Waals surface area contributed by atoms with E-state index in [1.54, 1.807) is 12.3 Å². The van der Waals surface area contributed by atoms with E-state index in [0.29, 0.717) is 23.0 Å². The van der Waals surface area contributed by atoms with Gasteiger partial charge < -0.3 is 14.5 Å². The molecule has 7 nitrogen and oxygen atoms in total. The summed E-state index contributed by atoms with van der Waals surface area (Å²) in [5.74, 6) is 0.174. The van der Waals surface area contributed by atoms with E-state index in [2.05, 4.69) is 24.8 Å². The predicted octanol–water partition coefficient (Wildman–Crippen LogP) is 5.77. The molecule has 1 aromatic heterocycles. The van der Waals surface area contributed by atoms with Crippen molar-refractivity contribution in [3.8, 4) is 0 Å². The largest absolute Gasteiger partial charge is 0.469 e. The first-order valence-electron chi connectivity index (χ1n) is 12.3. The van der Waals surface area contributed by atoms with Gasteiger partial charge in [0.25, 0.3) is 0 Å². The van der Waals surface area contributed by atoms with E-state index < -0.39 is 0 Å². The summed E-state index contributed by atoms with van der Waals surface area (Å²) in [6.07, 6.45) is 9.23. The quantitative estimate of drug-likeness (QED) is 0.352. The number of carbonyl (C=O) groups excluding carboxylic acids is 2. The highest BCUT2D eigenvalue weighted by molar-refractivity contribution is 8.01. The molecule has 2 aromatic rings. The number of nitrogens with one attached hydrogen (secondary N) is 1. The number of halogens is 1. The number of hydrogen-bond donors (Lipinski definition) is 1. The van der Waals surface area contributed by atoms with Crippen molar-refractivity contribution in [1.82, 2.24) is 9.88 Å².